The Balaban J connectivity index is 1.96. The van der Waals surface area contributed by atoms with E-state index in [1.165, 1.54) is 0 Å². The molecule has 13 heteroatoms. The predicted octanol–water partition coefficient (Wildman–Crippen LogP) is 1.22. The molecule has 11 nitrogen and oxygen atoms in total. The van der Waals surface area contributed by atoms with Gasteiger partial charge >= 0.3 is 0 Å². The fourth-order valence-corrected chi connectivity index (χ4v) is 5.54. The van der Waals surface area contributed by atoms with Gasteiger partial charge in [-0.05, 0) is 49.9 Å². The van der Waals surface area contributed by atoms with E-state index in [0.29, 0.717) is 12.8 Å². The lowest BCUT2D eigenvalue weighted by atomic mass is 9.82. The number of nitrogens with two attached hydrogens (primary N) is 2. The van der Waals surface area contributed by atoms with Crippen LogP contribution in [-0.2, 0) is 20.2 Å². The second-order valence-corrected chi connectivity index (χ2v) is 11.0. The molecule has 0 bridgehead atoms. The molecule has 0 heterocycles. The third-order valence-electron chi connectivity index (χ3n) is 5.91. The van der Waals surface area contributed by atoms with E-state index in [4.69, 9.17) is 11.5 Å². The minimum atomic E-state index is -4.85. The van der Waals surface area contributed by atoms with Gasteiger partial charge in [-0.2, -0.15) is 16.8 Å². The molecule has 2 aliphatic rings. The number of carbonyl (C=O) groups is 2. The molecule has 4 rings (SSSR count). The van der Waals surface area contributed by atoms with Gasteiger partial charge in [-0.1, -0.05) is 0 Å². The highest BCUT2D eigenvalue weighted by molar-refractivity contribution is 7.86. The second kappa shape index (κ2) is 7.88. The third kappa shape index (κ3) is 4.13. The van der Waals surface area contributed by atoms with Crippen LogP contribution in [0.3, 0.4) is 0 Å². The summed E-state index contributed by atoms with van der Waals surface area (Å²) >= 11 is 0. The van der Waals surface area contributed by atoms with Crippen LogP contribution in [0, 0.1) is 0 Å². The minimum absolute atomic E-state index is 0.0489. The van der Waals surface area contributed by atoms with Gasteiger partial charge < -0.3 is 16.8 Å². The van der Waals surface area contributed by atoms with Crippen LogP contribution >= 0.6 is 0 Å². The largest absolute Gasteiger partial charge is 0.397 e. The van der Waals surface area contributed by atoms with E-state index >= 15 is 0 Å². The van der Waals surface area contributed by atoms with Crippen LogP contribution in [0.5, 0.6) is 0 Å². The topological polar surface area (TPSA) is 207 Å². The summed E-state index contributed by atoms with van der Waals surface area (Å²) in [5, 5.41) is 3.05. The van der Waals surface area contributed by atoms with Gasteiger partial charge in [0.25, 0.3) is 20.2 Å². The highest BCUT2D eigenvalue weighted by Gasteiger charge is 2.38. The molecule has 1 fully saturated rings. The zero-order valence-corrected chi connectivity index (χ0v) is 18.7. The molecular formula is C20H21N3O8S2. The molecule has 7 N–H and O–H groups in total. The van der Waals surface area contributed by atoms with Crippen LogP contribution in [0.4, 0.5) is 11.4 Å². The molecule has 33 heavy (non-hydrogen) atoms. The zero-order chi connectivity index (χ0) is 24.3. The van der Waals surface area contributed by atoms with Crippen molar-refractivity contribution in [2.45, 2.75) is 47.6 Å². The number of anilines is 2. The van der Waals surface area contributed by atoms with Gasteiger partial charge in [0.15, 0.2) is 11.6 Å². The number of benzene rings is 2. The Morgan fingerprint density at radius 1 is 0.909 bits per heavy atom. The first kappa shape index (κ1) is 23.3. The molecule has 0 aliphatic heterocycles. The molecule has 1 saturated carbocycles. The molecule has 0 aromatic heterocycles. The normalized spacial score (nSPS) is 20.8. The molecule has 0 radical (unpaired) electrons. The van der Waals surface area contributed by atoms with E-state index in [1.807, 2.05) is 0 Å². The maximum absolute atomic E-state index is 13.4. The number of fused-ring (bicyclic) bond motifs is 2. The molecule has 0 saturated heterocycles. The number of hydrogen-bond acceptors (Lipinski definition) is 9. The summed E-state index contributed by atoms with van der Waals surface area (Å²) in [5.41, 5.74) is 10.1. The van der Waals surface area contributed by atoms with E-state index in [0.717, 1.165) is 37.1 Å². The lowest BCUT2D eigenvalue weighted by Crippen LogP contribution is -2.36. The molecule has 2 aliphatic carbocycles. The Morgan fingerprint density at radius 3 is 2.18 bits per heavy atom. The summed E-state index contributed by atoms with van der Waals surface area (Å²) in [6.45, 7) is 0. The number of hydrogen-bond donors (Lipinski definition) is 5. The zero-order valence-electron chi connectivity index (χ0n) is 17.1. The molecule has 2 aromatic carbocycles. The smallest absolute Gasteiger partial charge is 0.296 e. The highest BCUT2D eigenvalue weighted by Crippen LogP contribution is 2.40. The highest BCUT2D eigenvalue weighted by atomic mass is 32.2. The van der Waals surface area contributed by atoms with E-state index in [9.17, 15) is 35.5 Å². The summed E-state index contributed by atoms with van der Waals surface area (Å²) in [4.78, 5) is 25.3. The number of rotatable bonds is 4. The molecule has 2 aromatic rings. The summed E-state index contributed by atoms with van der Waals surface area (Å²) in [7, 11) is -9.51. The Morgan fingerprint density at radius 2 is 1.58 bits per heavy atom. The summed E-state index contributed by atoms with van der Waals surface area (Å²) in [6.07, 6.45) is 2.78. The van der Waals surface area contributed by atoms with Crippen LogP contribution in [0.1, 0.15) is 57.5 Å². The average molecular weight is 496 g/mol. The van der Waals surface area contributed by atoms with Crippen molar-refractivity contribution in [2.75, 3.05) is 11.1 Å². The molecule has 2 atom stereocenters. The van der Waals surface area contributed by atoms with Crippen molar-refractivity contribution in [1.82, 2.24) is 0 Å². The second-order valence-electron chi connectivity index (χ2n) is 8.17. The minimum Gasteiger partial charge on any atom is -0.397 e. The lowest BCUT2D eigenvalue weighted by Gasteiger charge is -2.30. The lowest BCUT2D eigenvalue weighted by molar-refractivity contribution is 0.0979. The van der Waals surface area contributed by atoms with Gasteiger partial charge in [-0.3, -0.25) is 18.7 Å². The fraction of sp³-hybridized carbons (Fsp3) is 0.300. The number of nitrogens with one attached hydrogen (secondary N) is 1. The molecule has 0 amide bonds. The first-order valence-electron chi connectivity index (χ1n) is 9.96. The van der Waals surface area contributed by atoms with Crippen molar-refractivity contribution in [1.29, 1.82) is 0 Å². The fourth-order valence-electron chi connectivity index (χ4n) is 4.39. The maximum atomic E-state index is 13.4. The van der Waals surface area contributed by atoms with Crippen LogP contribution in [0.2, 0.25) is 0 Å². The van der Waals surface area contributed by atoms with Crippen molar-refractivity contribution in [3.05, 3.63) is 46.5 Å². The quantitative estimate of drug-likeness (QED) is 0.257. The van der Waals surface area contributed by atoms with Crippen LogP contribution < -0.4 is 16.8 Å². The van der Waals surface area contributed by atoms with Gasteiger partial charge in [0.05, 0.1) is 21.7 Å². The van der Waals surface area contributed by atoms with E-state index in [2.05, 4.69) is 5.32 Å². The number of carbonyl (C=O) groups excluding carboxylic acids is 2. The third-order valence-corrected chi connectivity index (χ3v) is 7.66. The van der Waals surface area contributed by atoms with E-state index in [-0.39, 0.29) is 34.5 Å². The van der Waals surface area contributed by atoms with Crippen molar-refractivity contribution < 1.29 is 35.5 Å². The van der Waals surface area contributed by atoms with Crippen molar-refractivity contribution in [3.8, 4) is 0 Å². The SMILES string of the molecule is Nc1c(S(=O)(=O)O)cc(NC2CCCC(N)C2)c2c1C(=O)c1ccc(S(=O)(=O)O)cc1C2=O. The standard InChI is InChI=1S/C20H21N3O8S2/c21-9-2-1-3-10(6-9)23-14-8-15(33(29,30)31)18(22)17-16(14)20(25)13-7-11(32(26,27)28)4-5-12(13)19(17)24/h4-5,7-10,23H,1-3,6,21-22H2,(H,26,27,28)(H,29,30,31). The molecule has 176 valence electrons. The number of nitrogen functional groups attached to an aromatic ring is 1. The molecular weight excluding hydrogens is 474 g/mol. The van der Waals surface area contributed by atoms with Crippen molar-refractivity contribution in [3.63, 3.8) is 0 Å². The van der Waals surface area contributed by atoms with Gasteiger partial charge in [0, 0.05) is 28.9 Å². The predicted molar refractivity (Wildman–Crippen MR) is 118 cm³/mol. The van der Waals surface area contributed by atoms with Crippen LogP contribution in [0.25, 0.3) is 0 Å². The Hall–Kier alpha value is -2.84. The van der Waals surface area contributed by atoms with Gasteiger partial charge in [0.1, 0.15) is 4.90 Å². The van der Waals surface area contributed by atoms with Gasteiger partial charge in [0.2, 0.25) is 0 Å². The summed E-state index contributed by atoms with van der Waals surface area (Å²) < 4.78 is 66.0. The van der Waals surface area contributed by atoms with Gasteiger partial charge in [-0.15, -0.1) is 0 Å². The Labute approximate surface area is 189 Å². The van der Waals surface area contributed by atoms with E-state index < -0.39 is 52.8 Å². The maximum Gasteiger partial charge on any atom is 0.296 e. The Kier molecular flexibility index (Phi) is 5.57. The molecule has 0 spiro atoms. The Bertz CT molecular complexity index is 1420. The first-order chi connectivity index (χ1) is 15.3. The summed E-state index contributed by atoms with van der Waals surface area (Å²) in [5.74, 6) is -1.62. The average Bonchev–Trinajstić information content (AvgIpc) is 2.71. The van der Waals surface area contributed by atoms with Crippen LogP contribution in [0.15, 0.2) is 34.1 Å². The number of ketones is 2. The molecule has 2 unspecified atom stereocenters. The van der Waals surface area contributed by atoms with E-state index in [1.54, 1.807) is 0 Å². The van der Waals surface area contributed by atoms with Crippen molar-refractivity contribution in [2.24, 2.45) is 5.73 Å². The first-order valence-corrected chi connectivity index (χ1v) is 12.8. The van der Waals surface area contributed by atoms with Crippen molar-refractivity contribution >= 4 is 43.2 Å². The summed E-state index contributed by atoms with van der Waals surface area (Å²) in [6, 6.07) is 3.47. The van der Waals surface area contributed by atoms with Crippen LogP contribution in [-0.4, -0.2) is 49.6 Å². The van der Waals surface area contributed by atoms with Gasteiger partial charge in [-0.25, -0.2) is 0 Å². The monoisotopic (exact) mass is 495 g/mol.